The molecule has 1 aliphatic heterocycles. The van der Waals surface area contributed by atoms with Crippen molar-refractivity contribution < 1.29 is 19.8 Å². The lowest BCUT2D eigenvalue weighted by Gasteiger charge is -2.13. The number of aliphatic hydroxyl groups is 1. The van der Waals surface area contributed by atoms with Crippen LogP contribution in [0.15, 0.2) is 11.8 Å². The number of rotatable bonds is 0. The van der Waals surface area contributed by atoms with Gasteiger partial charge in [0.15, 0.2) is 0 Å². The molecule has 1 saturated heterocycles. The van der Waals surface area contributed by atoms with Gasteiger partial charge in [-0.1, -0.05) is 0 Å². The van der Waals surface area contributed by atoms with Gasteiger partial charge in [-0.15, -0.1) is 0 Å². The van der Waals surface area contributed by atoms with Gasteiger partial charge >= 0.3 is 6.09 Å². The molecular weight excluding hydrogens is 174 g/mol. The molecule has 1 aliphatic rings. The molecular formula is C8H11NO4. The Hall–Kier alpha value is -1.52. The van der Waals surface area contributed by atoms with E-state index >= 15 is 0 Å². The zero-order chi connectivity index (χ0) is 9.84. The molecule has 1 rings (SSSR count). The highest BCUT2D eigenvalue weighted by Gasteiger charge is 2.26. The van der Waals surface area contributed by atoms with Crippen molar-refractivity contribution in [2.45, 2.75) is 19.3 Å². The highest BCUT2D eigenvalue weighted by Crippen LogP contribution is 2.16. The van der Waals surface area contributed by atoms with E-state index in [1.807, 2.05) is 0 Å². The van der Waals surface area contributed by atoms with Crippen LogP contribution in [0.2, 0.25) is 0 Å². The summed E-state index contributed by atoms with van der Waals surface area (Å²) in [5.41, 5.74) is 0.167. The molecule has 0 bridgehead atoms. The lowest BCUT2D eigenvalue weighted by Crippen LogP contribution is -2.36. The molecule has 0 radical (unpaired) electrons. The smallest absolute Gasteiger partial charge is 0.414 e. The quantitative estimate of drug-likeness (QED) is 0.438. The van der Waals surface area contributed by atoms with Gasteiger partial charge in [0.25, 0.3) is 5.91 Å². The van der Waals surface area contributed by atoms with Crippen molar-refractivity contribution in [1.82, 2.24) is 4.90 Å². The third-order valence-electron chi connectivity index (χ3n) is 1.98. The number of amides is 2. The molecule has 13 heavy (non-hydrogen) atoms. The number of carbonyl (C=O) groups is 2. The summed E-state index contributed by atoms with van der Waals surface area (Å²) in [6.07, 6.45) is 1.26. The van der Waals surface area contributed by atoms with E-state index in [2.05, 4.69) is 0 Å². The van der Waals surface area contributed by atoms with E-state index in [9.17, 15) is 9.59 Å². The molecule has 1 heterocycles. The Balaban J connectivity index is 2.85. The van der Waals surface area contributed by atoms with Crippen molar-refractivity contribution in [3.8, 4) is 0 Å². The van der Waals surface area contributed by atoms with Crippen LogP contribution in [0.25, 0.3) is 0 Å². The van der Waals surface area contributed by atoms with Crippen LogP contribution in [0.4, 0.5) is 4.79 Å². The maximum atomic E-state index is 11.3. The summed E-state index contributed by atoms with van der Waals surface area (Å²) in [6, 6.07) is 0. The molecule has 0 atom stereocenters. The van der Waals surface area contributed by atoms with Gasteiger partial charge < -0.3 is 10.2 Å². The average Bonchev–Trinajstić information content (AvgIpc) is 2.26. The van der Waals surface area contributed by atoms with E-state index in [0.717, 1.165) is 11.3 Å². The molecule has 0 spiro atoms. The summed E-state index contributed by atoms with van der Waals surface area (Å²) in [4.78, 5) is 22.6. The number of likely N-dealkylation sites (tertiary alicyclic amines) is 1. The fraction of sp³-hybridized carbons (Fsp3) is 0.500. The minimum Gasteiger partial charge on any atom is -0.515 e. The molecule has 2 N–H and O–H groups in total. The average molecular weight is 185 g/mol. The van der Waals surface area contributed by atoms with Crippen LogP contribution in [0.3, 0.4) is 0 Å². The largest absolute Gasteiger partial charge is 0.515 e. The number of carboxylic acid groups (broad SMARTS) is 1. The van der Waals surface area contributed by atoms with E-state index in [1.54, 1.807) is 0 Å². The van der Waals surface area contributed by atoms with Crippen molar-refractivity contribution in [3.05, 3.63) is 11.8 Å². The zero-order valence-electron chi connectivity index (χ0n) is 7.06. The molecule has 1 fully saturated rings. The Morgan fingerprint density at radius 3 is 2.69 bits per heavy atom. The van der Waals surface area contributed by atoms with E-state index in [1.165, 1.54) is 0 Å². The lowest BCUT2D eigenvalue weighted by atomic mass is 10.1. The minimum absolute atomic E-state index is 0.167. The summed E-state index contributed by atoms with van der Waals surface area (Å²) in [6.45, 7) is 0.214. The third-order valence-corrected chi connectivity index (χ3v) is 1.98. The minimum atomic E-state index is -1.26. The lowest BCUT2D eigenvalue weighted by molar-refractivity contribution is -0.125. The molecule has 72 valence electrons. The van der Waals surface area contributed by atoms with Crippen LogP contribution < -0.4 is 0 Å². The molecule has 0 saturated carbocycles. The first-order valence-electron chi connectivity index (χ1n) is 4.05. The fourth-order valence-corrected chi connectivity index (χ4v) is 1.27. The van der Waals surface area contributed by atoms with Gasteiger partial charge in [-0.2, -0.15) is 0 Å². The number of carbonyl (C=O) groups excluding carboxylic acids is 1. The number of aliphatic hydroxyl groups excluding tert-OH is 1. The second-order valence-electron chi connectivity index (χ2n) is 2.85. The Morgan fingerprint density at radius 2 is 2.15 bits per heavy atom. The van der Waals surface area contributed by atoms with Gasteiger partial charge in [0, 0.05) is 6.54 Å². The molecule has 0 aromatic heterocycles. The van der Waals surface area contributed by atoms with E-state index < -0.39 is 12.0 Å². The second kappa shape index (κ2) is 3.93. The first kappa shape index (κ1) is 9.57. The summed E-state index contributed by atoms with van der Waals surface area (Å²) in [5.74, 6) is -0.604. The SMILES string of the molecule is O=C(O)N1CCCC/C(=C\O)C1=O. The van der Waals surface area contributed by atoms with Gasteiger partial charge in [-0.05, 0) is 19.3 Å². The first-order chi connectivity index (χ1) is 6.16. The van der Waals surface area contributed by atoms with Crippen LogP contribution in [-0.4, -0.2) is 33.7 Å². The number of nitrogens with zero attached hydrogens (tertiary/aromatic N) is 1. The van der Waals surface area contributed by atoms with Crippen LogP contribution in [0.5, 0.6) is 0 Å². The third kappa shape index (κ3) is 1.99. The van der Waals surface area contributed by atoms with Crippen molar-refractivity contribution in [1.29, 1.82) is 0 Å². The van der Waals surface area contributed by atoms with E-state index in [4.69, 9.17) is 10.2 Å². The van der Waals surface area contributed by atoms with E-state index in [0.29, 0.717) is 19.1 Å². The Morgan fingerprint density at radius 1 is 1.46 bits per heavy atom. The normalized spacial score (nSPS) is 21.7. The molecule has 0 aliphatic carbocycles. The molecule has 5 heteroatoms. The molecule has 0 aromatic rings. The number of imide groups is 1. The van der Waals surface area contributed by atoms with Gasteiger partial charge in [0.2, 0.25) is 0 Å². The highest BCUT2D eigenvalue weighted by molar-refractivity contribution is 6.01. The maximum absolute atomic E-state index is 11.3. The van der Waals surface area contributed by atoms with Crippen molar-refractivity contribution in [2.24, 2.45) is 0 Å². The van der Waals surface area contributed by atoms with Crippen molar-refractivity contribution >= 4 is 12.0 Å². The highest BCUT2D eigenvalue weighted by atomic mass is 16.4. The summed E-state index contributed by atoms with van der Waals surface area (Å²) >= 11 is 0. The van der Waals surface area contributed by atoms with Crippen LogP contribution in [-0.2, 0) is 4.79 Å². The predicted octanol–water partition coefficient (Wildman–Crippen LogP) is 1.12. The zero-order valence-corrected chi connectivity index (χ0v) is 7.06. The molecule has 5 nitrogen and oxygen atoms in total. The van der Waals surface area contributed by atoms with E-state index in [-0.39, 0.29) is 12.1 Å². The Labute approximate surface area is 75.3 Å². The van der Waals surface area contributed by atoms with Crippen LogP contribution in [0, 0.1) is 0 Å². The molecule has 2 amide bonds. The Kier molecular flexibility index (Phi) is 2.89. The predicted molar refractivity (Wildman–Crippen MR) is 44.3 cm³/mol. The van der Waals surface area contributed by atoms with Crippen molar-refractivity contribution in [2.75, 3.05) is 6.54 Å². The van der Waals surface area contributed by atoms with Crippen molar-refractivity contribution in [3.63, 3.8) is 0 Å². The van der Waals surface area contributed by atoms with Gasteiger partial charge in [-0.3, -0.25) is 4.79 Å². The number of hydrogen-bond acceptors (Lipinski definition) is 3. The standard InChI is InChI=1S/C8H11NO4/c10-5-6-3-1-2-4-9(7(6)11)8(12)13/h5,10H,1-4H2,(H,12,13)/b6-5+. The Bertz CT molecular complexity index is 259. The second-order valence-corrected chi connectivity index (χ2v) is 2.85. The van der Waals surface area contributed by atoms with Gasteiger partial charge in [0.1, 0.15) is 0 Å². The number of hydrogen-bond donors (Lipinski definition) is 2. The molecule has 0 unspecified atom stereocenters. The topological polar surface area (TPSA) is 77.8 Å². The van der Waals surface area contributed by atoms with Gasteiger partial charge in [-0.25, -0.2) is 9.69 Å². The van der Waals surface area contributed by atoms with Crippen LogP contribution >= 0.6 is 0 Å². The van der Waals surface area contributed by atoms with Gasteiger partial charge in [0.05, 0.1) is 11.8 Å². The first-order valence-corrected chi connectivity index (χ1v) is 4.05. The summed E-state index contributed by atoms with van der Waals surface area (Å²) in [5, 5.41) is 17.3. The maximum Gasteiger partial charge on any atom is 0.414 e. The molecule has 0 aromatic carbocycles. The summed E-state index contributed by atoms with van der Waals surface area (Å²) < 4.78 is 0. The summed E-state index contributed by atoms with van der Waals surface area (Å²) in [7, 11) is 0. The monoisotopic (exact) mass is 185 g/mol. The van der Waals surface area contributed by atoms with Crippen LogP contribution in [0.1, 0.15) is 19.3 Å². The fourth-order valence-electron chi connectivity index (χ4n) is 1.27.